The Kier molecular flexibility index (Phi) is 3.28. The molecule has 0 N–H and O–H groups in total. The van der Waals surface area contributed by atoms with Gasteiger partial charge >= 0.3 is 6.09 Å². The lowest BCUT2D eigenvalue weighted by Gasteiger charge is -2.31. The number of allylic oxidation sites excluding steroid dienone is 1. The molecular formula is C10H15NO3. The Balaban J connectivity index is 2.49. The van der Waals surface area contributed by atoms with E-state index in [0.717, 1.165) is 22.5 Å². The average Bonchev–Trinajstić information content (AvgIpc) is 2.11. The normalized spacial score (nSPS) is 15.2. The van der Waals surface area contributed by atoms with Crippen LogP contribution in [-0.2, 0) is 9.53 Å². The summed E-state index contributed by atoms with van der Waals surface area (Å²) in [6.45, 7) is 6.40. The number of nitrogens with zero attached hydrogens (tertiary/aromatic N) is 1. The molecule has 78 valence electrons. The molecule has 1 rings (SSSR count). The summed E-state index contributed by atoms with van der Waals surface area (Å²) in [6.07, 6.45) is 0.241. The quantitative estimate of drug-likeness (QED) is 0.500. The van der Waals surface area contributed by atoms with Crippen LogP contribution >= 0.6 is 0 Å². The first-order chi connectivity index (χ1) is 6.57. The molecule has 0 spiro atoms. The van der Waals surface area contributed by atoms with E-state index in [1.807, 2.05) is 20.8 Å². The summed E-state index contributed by atoms with van der Waals surface area (Å²) in [7, 11) is 0. The van der Waals surface area contributed by atoms with Gasteiger partial charge in [-0.05, 0) is 20.3 Å². The van der Waals surface area contributed by atoms with E-state index in [9.17, 15) is 9.59 Å². The van der Waals surface area contributed by atoms with Crippen LogP contribution < -0.4 is 0 Å². The summed E-state index contributed by atoms with van der Waals surface area (Å²) in [5.74, 6) is -0.217. The fraction of sp³-hybridized carbons (Fsp3) is 0.600. The number of carbonyl (C=O) groups excluding carboxylic acids is 2. The Morgan fingerprint density at radius 2 is 2.14 bits per heavy atom. The predicted octanol–water partition coefficient (Wildman–Crippen LogP) is 1.71. The number of carbonyl (C=O) groups is 2. The van der Waals surface area contributed by atoms with E-state index in [1.54, 1.807) is 0 Å². The molecule has 0 saturated carbocycles. The maximum atomic E-state index is 11.4. The van der Waals surface area contributed by atoms with Crippen molar-refractivity contribution in [3.05, 3.63) is 11.1 Å². The first-order valence-corrected chi connectivity index (χ1v) is 4.73. The van der Waals surface area contributed by atoms with Crippen LogP contribution in [0.2, 0.25) is 0 Å². The van der Waals surface area contributed by atoms with Crippen molar-refractivity contribution in [2.24, 2.45) is 0 Å². The highest BCUT2D eigenvalue weighted by atomic mass is 16.6. The Hall–Kier alpha value is -1.32. The lowest BCUT2D eigenvalue weighted by molar-refractivity contribution is -0.130. The number of ether oxygens (including phenoxy) is 1. The van der Waals surface area contributed by atoms with E-state index in [-0.39, 0.29) is 5.91 Å². The van der Waals surface area contributed by atoms with Crippen LogP contribution in [0.25, 0.3) is 0 Å². The van der Waals surface area contributed by atoms with Crippen LogP contribution in [-0.4, -0.2) is 30.1 Å². The minimum atomic E-state index is -0.526. The van der Waals surface area contributed by atoms with Crippen molar-refractivity contribution in [3.8, 4) is 0 Å². The molecule has 0 atom stereocenters. The van der Waals surface area contributed by atoms with Gasteiger partial charge in [-0.3, -0.25) is 4.79 Å². The molecule has 0 unspecified atom stereocenters. The number of hydrogen-bond donors (Lipinski definition) is 0. The molecule has 2 amide bonds. The molecule has 0 bridgehead atoms. The number of likely N-dealkylation sites (tertiary alicyclic amines) is 1. The fourth-order valence-corrected chi connectivity index (χ4v) is 1.16. The number of amides is 2. The number of imide groups is 1. The van der Waals surface area contributed by atoms with Crippen molar-refractivity contribution in [2.45, 2.75) is 27.2 Å². The van der Waals surface area contributed by atoms with E-state index in [2.05, 4.69) is 0 Å². The monoisotopic (exact) mass is 197 g/mol. The number of rotatable bonds is 2. The summed E-state index contributed by atoms with van der Waals surface area (Å²) in [5, 5.41) is 0. The molecule has 4 nitrogen and oxygen atoms in total. The lowest BCUT2D eigenvalue weighted by Crippen LogP contribution is -2.50. The van der Waals surface area contributed by atoms with Gasteiger partial charge in [-0.1, -0.05) is 12.5 Å². The van der Waals surface area contributed by atoms with Crippen LogP contribution in [0, 0.1) is 0 Å². The highest BCUT2D eigenvalue weighted by Gasteiger charge is 2.37. The summed E-state index contributed by atoms with van der Waals surface area (Å²) in [6, 6.07) is 0. The maximum absolute atomic E-state index is 11.4. The number of hydrogen-bond acceptors (Lipinski definition) is 3. The van der Waals surface area contributed by atoms with Crippen molar-refractivity contribution in [2.75, 3.05) is 13.2 Å². The molecule has 0 aromatic carbocycles. The van der Waals surface area contributed by atoms with Gasteiger partial charge in [-0.2, -0.15) is 0 Å². The minimum Gasteiger partial charge on any atom is -0.449 e. The minimum absolute atomic E-state index is 0.217. The van der Waals surface area contributed by atoms with Crippen LogP contribution in [0.1, 0.15) is 27.2 Å². The first kappa shape index (κ1) is 10.8. The Morgan fingerprint density at radius 1 is 1.50 bits per heavy atom. The Morgan fingerprint density at radius 3 is 2.57 bits per heavy atom. The largest absolute Gasteiger partial charge is 0.449 e. The van der Waals surface area contributed by atoms with Crippen LogP contribution in [0.15, 0.2) is 11.1 Å². The highest BCUT2D eigenvalue weighted by molar-refractivity contribution is 6.09. The Bertz CT molecular complexity index is 290. The first-order valence-electron chi connectivity index (χ1n) is 4.73. The second-order valence-electron chi connectivity index (χ2n) is 3.48. The molecular weight excluding hydrogens is 182 g/mol. The van der Waals surface area contributed by atoms with E-state index in [0.29, 0.717) is 13.2 Å². The molecule has 14 heavy (non-hydrogen) atoms. The summed E-state index contributed by atoms with van der Waals surface area (Å²) in [5.41, 5.74) is 1.69. The topological polar surface area (TPSA) is 46.6 Å². The maximum Gasteiger partial charge on any atom is 0.417 e. The van der Waals surface area contributed by atoms with E-state index in [4.69, 9.17) is 4.74 Å². The van der Waals surface area contributed by atoms with E-state index in [1.165, 1.54) is 0 Å². The van der Waals surface area contributed by atoms with Gasteiger partial charge in [0.2, 0.25) is 0 Å². The third kappa shape index (κ3) is 1.95. The highest BCUT2D eigenvalue weighted by Crippen LogP contribution is 2.20. The molecule has 0 aromatic rings. The lowest BCUT2D eigenvalue weighted by atomic mass is 10.0. The fourth-order valence-electron chi connectivity index (χ4n) is 1.16. The molecule has 4 heteroatoms. The van der Waals surface area contributed by atoms with Gasteiger partial charge in [0.1, 0.15) is 0 Å². The molecule has 1 aliphatic rings. The SMILES string of the molecule is CCCOC(=O)N1CC(=C(C)C)C1=O. The van der Waals surface area contributed by atoms with Crippen molar-refractivity contribution < 1.29 is 14.3 Å². The molecule has 1 fully saturated rings. The molecule has 0 aliphatic carbocycles. The van der Waals surface area contributed by atoms with Crippen molar-refractivity contribution in [1.29, 1.82) is 0 Å². The number of β-lactam (4-membered cyclic amide) rings is 1. The van der Waals surface area contributed by atoms with Gasteiger partial charge in [0.15, 0.2) is 0 Å². The Labute approximate surface area is 83.5 Å². The van der Waals surface area contributed by atoms with Crippen LogP contribution in [0.5, 0.6) is 0 Å². The molecule has 1 heterocycles. The second-order valence-corrected chi connectivity index (χ2v) is 3.48. The van der Waals surface area contributed by atoms with Crippen molar-refractivity contribution in [3.63, 3.8) is 0 Å². The van der Waals surface area contributed by atoms with Crippen LogP contribution in [0.4, 0.5) is 4.79 Å². The average molecular weight is 197 g/mol. The predicted molar refractivity (Wildman–Crippen MR) is 51.7 cm³/mol. The van der Waals surface area contributed by atoms with Gasteiger partial charge in [0, 0.05) is 5.57 Å². The zero-order valence-corrected chi connectivity index (χ0v) is 8.79. The zero-order chi connectivity index (χ0) is 10.7. The third-order valence-electron chi connectivity index (χ3n) is 2.07. The summed E-state index contributed by atoms with van der Waals surface area (Å²) >= 11 is 0. The van der Waals surface area contributed by atoms with Crippen molar-refractivity contribution in [1.82, 2.24) is 4.90 Å². The van der Waals surface area contributed by atoms with Crippen LogP contribution in [0.3, 0.4) is 0 Å². The summed E-state index contributed by atoms with van der Waals surface area (Å²) < 4.78 is 4.84. The van der Waals surface area contributed by atoms with Gasteiger partial charge in [-0.25, -0.2) is 9.69 Å². The van der Waals surface area contributed by atoms with Gasteiger partial charge in [0.25, 0.3) is 5.91 Å². The smallest absolute Gasteiger partial charge is 0.417 e. The molecule has 1 saturated heterocycles. The standard InChI is InChI=1S/C10H15NO3/c1-4-5-14-10(13)11-6-8(7(2)3)9(11)12/h4-6H2,1-3H3. The zero-order valence-electron chi connectivity index (χ0n) is 8.79. The van der Waals surface area contributed by atoms with Crippen molar-refractivity contribution >= 4 is 12.0 Å². The van der Waals surface area contributed by atoms with E-state index < -0.39 is 6.09 Å². The summed E-state index contributed by atoms with van der Waals surface area (Å²) in [4.78, 5) is 23.7. The van der Waals surface area contributed by atoms with Gasteiger partial charge in [-0.15, -0.1) is 0 Å². The van der Waals surface area contributed by atoms with E-state index >= 15 is 0 Å². The second kappa shape index (κ2) is 4.26. The molecule has 0 aromatic heterocycles. The molecule has 1 aliphatic heterocycles. The van der Waals surface area contributed by atoms with Gasteiger partial charge in [0.05, 0.1) is 13.2 Å². The van der Waals surface area contributed by atoms with Gasteiger partial charge < -0.3 is 4.74 Å². The molecule has 0 radical (unpaired) electrons. The third-order valence-corrected chi connectivity index (χ3v) is 2.07.